The molecule has 0 saturated heterocycles. The highest BCUT2D eigenvalue weighted by atomic mass is 16.2. The van der Waals surface area contributed by atoms with Crippen LogP contribution in [0.3, 0.4) is 0 Å². The van der Waals surface area contributed by atoms with Crippen molar-refractivity contribution in [1.29, 1.82) is 0 Å². The summed E-state index contributed by atoms with van der Waals surface area (Å²) in [6.45, 7) is 1.73. The molecule has 0 radical (unpaired) electrons. The van der Waals surface area contributed by atoms with Crippen molar-refractivity contribution < 1.29 is 9.59 Å². The maximum absolute atomic E-state index is 12.7. The van der Waals surface area contributed by atoms with E-state index in [-0.39, 0.29) is 24.0 Å². The molecule has 2 aliphatic rings. The van der Waals surface area contributed by atoms with E-state index in [0.717, 1.165) is 38.5 Å². The standard InChI is InChI=1S/C24H29N3O2/c1-16(23(28)26-21-14-6-10-17-8-2-4-12-19(17)21)25-24(29)27-22-15-7-11-18-9-3-5-13-20(18)22/h2-5,8-9,12-13,16,21-22H,6-7,10-11,14-15H2,1H3,(H,26,28)(H2,25,27,29)/t16-,21?,22?/m1/s1. The number of hydrogen-bond donors (Lipinski definition) is 3. The van der Waals surface area contributed by atoms with Crippen LogP contribution in [0.4, 0.5) is 4.79 Å². The number of carbonyl (C=O) groups is 2. The van der Waals surface area contributed by atoms with Crippen LogP contribution in [0.15, 0.2) is 48.5 Å². The third-order valence-corrected chi connectivity index (χ3v) is 6.10. The maximum Gasteiger partial charge on any atom is 0.315 e. The normalized spacial score (nSPS) is 21.3. The second-order valence-electron chi connectivity index (χ2n) is 8.14. The van der Waals surface area contributed by atoms with Crippen molar-refractivity contribution >= 4 is 11.9 Å². The van der Waals surface area contributed by atoms with Gasteiger partial charge in [0.2, 0.25) is 5.91 Å². The topological polar surface area (TPSA) is 70.2 Å². The summed E-state index contributed by atoms with van der Waals surface area (Å²) >= 11 is 0. The number of aryl methyl sites for hydroxylation is 2. The van der Waals surface area contributed by atoms with Crippen LogP contribution < -0.4 is 16.0 Å². The van der Waals surface area contributed by atoms with Crippen LogP contribution in [0.2, 0.25) is 0 Å². The Kier molecular flexibility index (Phi) is 5.84. The van der Waals surface area contributed by atoms with Gasteiger partial charge in [-0.1, -0.05) is 48.5 Å². The van der Waals surface area contributed by atoms with Crippen LogP contribution in [0.25, 0.3) is 0 Å². The minimum Gasteiger partial charge on any atom is -0.348 e. The number of carbonyl (C=O) groups excluding carboxylic acids is 2. The lowest BCUT2D eigenvalue weighted by Crippen LogP contribution is -2.50. The molecule has 152 valence electrons. The second-order valence-corrected chi connectivity index (χ2v) is 8.14. The van der Waals surface area contributed by atoms with Gasteiger partial charge in [0.1, 0.15) is 6.04 Å². The third-order valence-electron chi connectivity index (χ3n) is 6.10. The Hall–Kier alpha value is -2.82. The van der Waals surface area contributed by atoms with Crippen molar-refractivity contribution in [2.45, 2.75) is 63.6 Å². The summed E-state index contributed by atoms with van der Waals surface area (Å²) in [6.07, 6.45) is 6.08. The van der Waals surface area contributed by atoms with E-state index in [1.165, 1.54) is 22.3 Å². The zero-order valence-electron chi connectivity index (χ0n) is 16.9. The van der Waals surface area contributed by atoms with E-state index < -0.39 is 6.04 Å². The largest absolute Gasteiger partial charge is 0.348 e. The van der Waals surface area contributed by atoms with Gasteiger partial charge in [-0.05, 0) is 67.7 Å². The van der Waals surface area contributed by atoms with Crippen molar-refractivity contribution in [3.05, 3.63) is 70.8 Å². The summed E-state index contributed by atoms with van der Waals surface area (Å²) in [7, 11) is 0. The molecule has 29 heavy (non-hydrogen) atoms. The first kappa shape index (κ1) is 19.5. The number of nitrogens with one attached hydrogen (secondary N) is 3. The molecule has 3 N–H and O–H groups in total. The van der Waals surface area contributed by atoms with E-state index >= 15 is 0 Å². The number of rotatable bonds is 4. The summed E-state index contributed by atoms with van der Waals surface area (Å²) in [5.74, 6) is -0.147. The van der Waals surface area contributed by atoms with E-state index in [0.29, 0.717) is 0 Å². The van der Waals surface area contributed by atoms with Crippen molar-refractivity contribution in [3.63, 3.8) is 0 Å². The Morgan fingerprint density at radius 2 is 1.34 bits per heavy atom. The van der Waals surface area contributed by atoms with Crippen molar-refractivity contribution in [2.24, 2.45) is 0 Å². The number of fused-ring (bicyclic) bond motifs is 2. The van der Waals surface area contributed by atoms with Crippen LogP contribution in [-0.4, -0.2) is 18.0 Å². The zero-order chi connectivity index (χ0) is 20.2. The molecule has 5 heteroatoms. The summed E-state index contributed by atoms with van der Waals surface area (Å²) < 4.78 is 0. The van der Waals surface area contributed by atoms with Crippen LogP contribution in [0.5, 0.6) is 0 Å². The number of benzene rings is 2. The quantitative estimate of drug-likeness (QED) is 0.739. The van der Waals surface area contributed by atoms with Crippen LogP contribution >= 0.6 is 0 Å². The molecule has 4 rings (SSSR count). The second kappa shape index (κ2) is 8.68. The molecule has 0 heterocycles. The lowest BCUT2D eigenvalue weighted by molar-refractivity contribution is -0.123. The molecule has 3 atom stereocenters. The van der Waals surface area contributed by atoms with Gasteiger partial charge in [-0.25, -0.2) is 4.79 Å². The van der Waals surface area contributed by atoms with E-state index in [2.05, 4.69) is 40.2 Å². The molecule has 0 saturated carbocycles. The van der Waals surface area contributed by atoms with Gasteiger partial charge in [-0.3, -0.25) is 4.79 Å². The van der Waals surface area contributed by atoms with Gasteiger partial charge in [0.15, 0.2) is 0 Å². The Labute approximate surface area is 172 Å². The van der Waals surface area contributed by atoms with Crippen molar-refractivity contribution in [2.75, 3.05) is 0 Å². The molecular formula is C24H29N3O2. The van der Waals surface area contributed by atoms with E-state index in [1.54, 1.807) is 6.92 Å². The first-order valence-corrected chi connectivity index (χ1v) is 10.6. The van der Waals surface area contributed by atoms with Gasteiger partial charge in [0.05, 0.1) is 12.1 Å². The zero-order valence-corrected chi connectivity index (χ0v) is 16.9. The van der Waals surface area contributed by atoms with Gasteiger partial charge in [-0.2, -0.15) is 0 Å². The molecule has 0 bridgehead atoms. The lowest BCUT2D eigenvalue weighted by Gasteiger charge is -2.29. The summed E-state index contributed by atoms with van der Waals surface area (Å²) in [6, 6.07) is 15.7. The Morgan fingerprint density at radius 1 is 0.828 bits per heavy atom. The highest BCUT2D eigenvalue weighted by Gasteiger charge is 2.26. The fourth-order valence-corrected chi connectivity index (χ4v) is 4.57. The first-order chi connectivity index (χ1) is 14.1. The molecule has 2 aromatic carbocycles. The lowest BCUT2D eigenvalue weighted by atomic mass is 9.87. The third kappa shape index (κ3) is 4.44. The molecular weight excluding hydrogens is 362 g/mol. The number of urea groups is 1. The SMILES string of the molecule is C[C@@H](NC(=O)NC1CCCc2ccccc21)C(=O)NC1CCCc2ccccc21. The smallest absolute Gasteiger partial charge is 0.315 e. The molecule has 3 amide bonds. The number of amides is 3. The molecule has 2 unspecified atom stereocenters. The fourth-order valence-electron chi connectivity index (χ4n) is 4.57. The van der Waals surface area contributed by atoms with Crippen LogP contribution in [-0.2, 0) is 17.6 Å². The molecule has 2 aliphatic carbocycles. The van der Waals surface area contributed by atoms with E-state index in [1.807, 2.05) is 24.3 Å². The van der Waals surface area contributed by atoms with E-state index in [4.69, 9.17) is 0 Å². The predicted molar refractivity (Wildman–Crippen MR) is 114 cm³/mol. The van der Waals surface area contributed by atoms with Gasteiger partial charge >= 0.3 is 6.03 Å². The highest BCUT2D eigenvalue weighted by Crippen LogP contribution is 2.30. The Bertz CT molecular complexity index is 895. The minimum atomic E-state index is -0.595. The molecule has 2 aromatic rings. The molecule has 0 fully saturated rings. The van der Waals surface area contributed by atoms with Gasteiger partial charge in [0.25, 0.3) is 0 Å². The van der Waals surface area contributed by atoms with Gasteiger partial charge in [0, 0.05) is 0 Å². The first-order valence-electron chi connectivity index (χ1n) is 10.6. The molecule has 0 aromatic heterocycles. The monoisotopic (exact) mass is 391 g/mol. The van der Waals surface area contributed by atoms with Gasteiger partial charge < -0.3 is 16.0 Å². The molecule has 5 nitrogen and oxygen atoms in total. The van der Waals surface area contributed by atoms with Crippen molar-refractivity contribution in [1.82, 2.24) is 16.0 Å². The molecule has 0 aliphatic heterocycles. The summed E-state index contributed by atoms with van der Waals surface area (Å²) in [4.78, 5) is 25.2. The average Bonchev–Trinajstić information content (AvgIpc) is 2.74. The summed E-state index contributed by atoms with van der Waals surface area (Å²) in [5.41, 5.74) is 4.98. The Balaban J connectivity index is 1.33. The maximum atomic E-state index is 12.7. The van der Waals surface area contributed by atoms with Crippen LogP contribution in [0, 0.1) is 0 Å². The summed E-state index contributed by atoms with van der Waals surface area (Å²) in [5, 5.41) is 8.98. The number of hydrogen-bond acceptors (Lipinski definition) is 2. The highest BCUT2D eigenvalue weighted by molar-refractivity contribution is 5.87. The predicted octanol–water partition coefficient (Wildman–Crippen LogP) is 3.95. The Morgan fingerprint density at radius 3 is 1.93 bits per heavy atom. The van der Waals surface area contributed by atoms with Crippen LogP contribution in [0.1, 0.15) is 66.9 Å². The van der Waals surface area contributed by atoms with E-state index in [9.17, 15) is 9.59 Å². The fraction of sp³-hybridized carbons (Fsp3) is 0.417. The average molecular weight is 392 g/mol. The van der Waals surface area contributed by atoms with Gasteiger partial charge in [-0.15, -0.1) is 0 Å². The van der Waals surface area contributed by atoms with Crippen molar-refractivity contribution in [3.8, 4) is 0 Å². The molecule has 0 spiro atoms. The minimum absolute atomic E-state index is 0.000401.